The van der Waals surface area contributed by atoms with Gasteiger partial charge in [0.1, 0.15) is 17.4 Å². The van der Waals surface area contributed by atoms with Crippen molar-refractivity contribution >= 4 is 23.3 Å². The Hall–Kier alpha value is -3.68. The summed E-state index contributed by atoms with van der Waals surface area (Å²) in [6.07, 6.45) is 4.74. The minimum absolute atomic E-state index is 0.0671. The summed E-state index contributed by atoms with van der Waals surface area (Å²) in [6, 6.07) is 11.1. The summed E-state index contributed by atoms with van der Waals surface area (Å²) < 4.78 is 32.7. The van der Waals surface area contributed by atoms with Crippen molar-refractivity contribution in [2.24, 2.45) is 0 Å². The molecule has 3 amide bonds. The lowest BCUT2D eigenvalue weighted by Crippen LogP contribution is -2.45. The van der Waals surface area contributed by atoms with Crippen molar-refractivity contribution in [2.75, 3.05) is 10.6 Å². The smallest absolute Gasteiger partial charge is 0.319 e. The van der Waals surface area contributed by atoms with Crippen LogP contribution in [0.15, 0.2) is 59.2 Å². The van der Waals surface area contributed by atoms with Gasteiger partial charge in [0.2, 0.25) is 0 Å². The molecule has 166 valence electrons. The fourth-order valence-corrected chi connectivity index (χ4v) is 4.12. The van der Waals surface area contributed by atoms with Crippen molar-refractivity contribution in [2.45, 2.75) is 38.1 Å². The SMILES string of the molecule is Cc1occc1C(=O)Nc1cc(NC(=O)NC2(c3ccc(F)cc3)CCCC2)ccc1F. The van der Waals surface area contributed by atoms with Gasteiger partial charge in [-0.15, -0.1) is 0 Å². The molecule has 3 aromatic rings. The fraction of sp³-hybridized carbons (Fsp3) is 0.250. The fourth-order valence-electron chi connectivity index (χ4n) is 4.12. The third-order valence-electron chi connectivity index (χ3n) is 5.78. The van der Waals surface area contributed by atoms with E-state index in [1.54, 1.807) is 19.1 Å². The van der Waals surface area contributed by atoms with Crippen LogP contribution in [-0.2, 0) is 5.54 Å². The van der Waals surface area contributed by atoms with Gasteiger partial charge in [-0.05, 0) is 61.7 Å². The monoisotopic (exact) mass is 439 g/mol. The summed E-state index contributed by atoms with van der Waals surface area (Å²) in [4.78, 5) is 25.1. The molecular weight excluding hydrogens is 416 g/mol. The molecule has 1 aliphatic rings. The Morgan fingerprint density at radius 3 is 2.34 bits per heavy atom. The standard InChI is InChI=1S/C24H23F2N3O3/c1-15-19(10-13-32-15)22(30)28-21-14-18(8-9-20(21)26)27-23(31)29-24(11-2-3-12-24)16-4-6-17(25)7-5-16/h4-10,13-14H,2-3,11-12H2,1H3,(H,28,30)(H2,27,29,31). The first-order valence-electron chi connectivity index (χ1n) is 10.4. The van der Waals surface area contributed by atoms with Crippen molar-refractivity contribution in [1.82, 2.24) is 5.32 Å². The summed E-state index contributed by atoms with van der Waals surface area (Å²) in [6.45, 7) is 1.63. The van der Waals surface area contributed by atoms with Crippen molar-refractivity contribution in [3.63, 3.8) is 0 Å². The number of rotatable bonds is 5. The third kappa shape index (κ3) is 4.49. The molecule has 2 aromatic carbocycles. The van der Waals surface area contributed by atoms with Gasteiger partial charge in [-0.2, -0.15) is 0 Å². The number of halogens is 2. The molecule has 0 atom stereocenters. The number of carbonyl (C=O) groups is 2. The van der Waals surface area contributed by atoms with Crippen LogP contribution in [0.4, 0.5) is 25.0 Å². The summed E-state index contributed by atoms with van der Waals surface area (Å²) in [7, 11) is 0. The van der Waals surface area contributed by atoms with Gasteiger partial charge in [0.05, 0.1) is 23.1 Å². The maximum absolute atomic E-state index is 14.3. The van der Waals surface area contributed by atoms with E-state index in [1.807, 2.05) is 0 Å². The maximum Gasteiger partial charge on any atom is 0.319 e. The van der Waals surface area contributed by atoms with Gasteiger partial charge < -0.3 is 20.4 Å². The molecule has 1 aromatic heterocycles. The molecule has 8 heteroatoms. The summed E-state index contributed by atoms with van der Waals surface area (Å²) in [5, 5.41) is 8.21. The van der Waals surface area contributed by atoms with Crippen molar-refractivity contribution < 1.29 is 22.8 Å². The Balaban J connectivity index is 1.48. The average molecular weight is 439 g/mol. The number of urea groups is 1. The van der Waals surface area contributed by atoms with Gasteiger partial charge in [0.25, 0.3) is 5.91 Å². The van der Waals surface area contributed by atoms with E-state index < -0.39 is 23.3 Å². The highest BCUT2D eigenvalue weighted by Gasteiger charge is 2.37. The molecular formula is C24H23F2N3O3. The highest BCUT2D eigenvalue weighted by molar-refractivity contribution is 6.05. The van der Waals surface area contributed by atoms with E-state index in [1.165, 1.54) is 42.7 Å². The topological polar surface area (TPSA) is 83.4 Å². The molecule has 0 spiro atoms. The van der Waals surface area contributed by atoms with E-state index in [2.05, 4.69) is 16.0 Å². The summed E-state index contributed by atoms with van der Waals surface area (Å²) >= 11 is 0. The second-order valence-electron chi connectivity index (χ2n) is 7.91. The predicted octanol–water partition coefficient (Wildman–Crippen LogP) is 5.71. The van der Waals surface area contributed by atoms with E-state index in [9.17, 15) is 18.4 Å². The first kappa shape index (κ1) is 21.5. The average Bonchev–Trinajstić information content (AvgIpc) is 3.40. The molecule has 1 saturated carbocycles. The van der Waals surface area contributed by atoms with Crippen LogP contribution in [0, 0.1) is 18.6 Å². The highest BCUT2D eigenvalue weighted by Crippen LogP contribution is 2.39. The normalized spacial score (nSPS) is 14.7. The zero-order valence-electron chi connectivity index (χ0n) is 17.5. The zero-order valence-corrected chi connectivity index (χ0v) is 17.5. The number of aryl methyl sites for hydroxylation is 1. The molecule has 32 heavy (non-hydrogen) atoms. The van der Waals surface area contributed by atoms with E-state index in [0.29, 0.717) is 17.0 Å². The molecule has 1 fully saturated rings. The number of anilines is 2. The van der Waals surface area contributed by atoms with Gasteiger partial charge >= 0.3 is 6.03 Å². The lowest BCUT2D eigenvalue weighted by Gasteiger charge is -2.31. The van der Waals surface area contributed by atoms with E-state index >= 15 is 0 Å². The second-order valence-corrected chi connectivity index (χ2v) is 7.91. The molecule has 0 saturated heterocycles. The third-order valence-corrected chi connectivity index (χ3v) is 5.78. The first-order chi connectivity index (χ1) is 15.4. The van der Waals surface area contributed by atoms with Crippen molar-refractivity contribution in [1.29, 1.82) is 0 Å². The Morgan fingerprint density at radius 1 is 0.969 bits per heavy atom. The van der Waals surface area contributed by atoms with Gasteiger partial charge in [0, 0.05) is 5.69 Å². The van der Waals surface area contributed by atoms with Crippen molar-refractivity contribution in [3.05, 3.63) is 83.3 Å². The van der Waals surface area contributed by atoms with Gasteiger partial charge in [-0.25, -0.2) is 13.6 Å². The maximum atomic E-state index is 14.3. The van der Waals surface area contributed by atoms with E-state index in [0.717, 1.165) is 31.2 Å². The lowest BCUT2D eigenvalue weighted by molar-refractivity contribution is 0.102. The number of nitrogens with one attached hydrogen (secondary N) is 3. The molecule has 0 unspecified atom stereocenters. The minimum atomic E-state index is -0.635. The quantitative estimate of drug-likeness (QED) is 0.476. The van der Waals surface area contributed by atoms with Gasteiger partial charge in [0.15, 0.2) is 0 Å². The molecule has 0 radical (unpaired) electrons. The lowest BCUT2D eigenvalue weighted by atomic mass is 9.88. The zero-order chi connectivity index (χ0) is 22.7. The Morgan fingerprint density at radius 2 is 1.69 bits per heavy atom. The Kier molecular flexibility index (Phi) is 5.94. The van der Waals surface area contributed by atoms with Crippen LogP contribution in [-0.4, -0.2) is 11.9 Å². The summed E-state index contributed by atoms with van der Waals surface area (Å²) in [5.41, 5.74) is 0.795. The van der Waals surface area contributed by atoms with Crippen molar-refractivity contribution in [3.8, 4) is 0 Å². The molecule has 1 aliphatic carbocycles. The minimum Gasteiger partial charge on any atom is -0.469 e. The molecule has 0 bridgehead atoms. The Bertz CT molecular complexity index is 1140. The number of amides is 3. The molecule has 4 rings (SSSR count). The Labute approximate surface area is 184 Å². The second kappa shape index (κ2) is 8.82. The van der Waals surface area contributed by atoms with E-state index in [-0.39, 0.29) is 11.5 Å². The van der Waals surface area contributed by atoms with Crippen LogP contribution in [0.1, 0.15) is 47.4 Å². The molecule has 1 heterocycles. The molecule has 0 aliphatic heterocycles. The highest BCUT2D eigenvalue weighted by atomic mass is 19.1. The van der Waals surface area contributed by atoms with Crippen LogP contribution in [0.2, 0.25) is 0 Å². The number of hydrogen-bond donors (Lipinski definition) is 3. The van der Waals surface area contributed by atoms with Crippen LogP contribution in [0.3, 0.4) is 0 Å². The first-order valence-corrected chi connectivity index (χ1v) is 10.4. The number of furan rings is 1. The van der Waals surface area contributed by atoms with Crippen LogP contribution >= 0.6 is 0 Å². The number of hydrogen-bond acceptors (Lipinski definition) is 3. The van der Waals surface area contributed by atoms with Crippen LogP contribution in [0.5, 0.6) is 0 Å². The van der Waals surface area contributed by atoms with Crippen LogP contribution < -0.4 is 16.0 Å². The van der Waals surface area contributed by atoms with Crippen LogP contribution in [0.25, 0.3) is 0 Å². The number of benzene rings is 2. The molecule has 3 N–H and O–H groups in total. The molecule has 6 nitrogen and oxygen atoms in total. The summed E-state index contributed by atoms with van der Waals surface area (Å²) in [5.74, 6) is -1.07. The predicted molar refractivity (Wildman–Crippen MR) is 116 cm³/mol. The van der Waals surface area contributed by atoms with Gasteiger partial charge in [-0.1, -0.05) is 25.0 Å². The van der Waals surface area contributed by atoms with Gasteiger partial charge in [-0.3, -0.25) is 4.79 Å². The number of carbonyl (C=O) groups excluding carboxylic acids is 2. The largest absolute Gasteiger partial charge is 0.469 e. The van der Waals surface area contributed by atoms with E-state index in [4.69, 9.17) is 4.42 Å².